The van der Waals surface area contributed by atoms with E-state index < -0.39 is 0 Å². The molecule has 29 heavy (non-hydrogen) atoms. The Morgan fingerprint density at radius 2 is 1.59 bits per heavy atom. The highest BCUT2D eigenvalue weighted by Crippen LogP contribution is 2.17. The van der Waals surface area contributed by atoms with Crippen molar-refractivity contribution in [1.29, 1.82) is 0 Å². The second-order valence-corrected chi connectivity index (χ2v) is 7.67. The second kappa shape index (κ2) is 11.0. The number of carbonyl (C=O) groups is 1. The molecule has 1 saturated heterocycles. The van der Waals surface area contributed by atoms with Gasteiger partial charge in [-0.1, -0.05) is 30.3 Å². The van der Waals surface area contributed by atoms with Crippen LogP contribution in [0.3, 0.4) is 0 Å². The Morgan fingerprint density at radius 1 is 0.931 bits per heavy atom. The number of nitrogens with one attached hydrogen (secondary N) is 2. The van der Waals surface area contributed by atoms with E-state index in [9.17, 15) is 4.79 Å². The van der Waals surface area contributed by atoms with Crippen molar-refractivity contribution in [2.24, 2.45) is 0 Å². The molecule has 0 aliphatic carbocycles. The summed E-state index contributed by atoms with van der Waals surface area (Å²) in [5, 5.41) is 6.39. The lowest BCUT2D eigenvalue weighted by Gasteiger charge is -2.32. The van der Waals surface area contributed by atoms with Crippen LogP contribution in [-0.2, 0) is 26.2 Å². The van der Waals surface area contributed by atoms with E-state index in [0.29, 0.717) is 6.54 Å². The first-order chi connectivity index (χ1) is 13.2. The third kappa shape index (κ3) is 6.17. The van der Waals surface area contributed by atoms with Crippen LogP contribution >= 0.6 is 24.8 Å². The molecule has 0 aromatic heterocycles. The molecule has 0 spiro atoms. The van der Waals surface area contributed by atoms with Crippen LogP contribution in [0.25, 0.3) is 0 Å². The van der Waals surface area contributed by atoms with Crippen LogP contribution < -0.4 is 10.6 Å². The van der Waals surface area contributed by atoms with Gasteiger partial charge in [0.25, 0.3) is 5.91 Å². The molecule has 2 aromatic rings. The topological polar surface area (TPSA) is 47.6 Å². The Bertz CT molecular complexity index is 805. The van der Waals surface area contributed by atoms with Crippen molar-refractivity contribution in [2.45, 2.75) is 26.2 Å². The SMILES string of the molecule is CN1CCN(Cc2ccc(C(=O)NCc3ccc4c(c3)CNC4)cc2)CC1.Cl.Cl. The minimum absolute atomic E-state index is 0. The minimum Gasteiger partial charge on any atom is -0.348 e. The molecule has 2 N–H and O–H groups in total. The number of amides is 1. The van der Waals surface area contributed by atoms with Gasteiger partial charge >= 0.3 is 0 Å². The summed E-state index contributed by atoms with van der Waals surface area (Å²) in [5.74, 6) is -0.0141. The molecule has 0 saturated carbocycles. The van der Waals surface area contributed by atoms with Crippen molar-refractivity contribution in [3.8, 4) is 0 Å². The number of carbonyl (C=O) groups excluding carboxylic acids is 1. The smallest absolute Gasteiger partial charge is 0.251 e. The van der Waals surface area contributed by atoms with Gasteiger partial charge in [-0.2, -0.15) is 0 Å². The van der Waals surface area contributed by atoms with Crippen molar-refractivity contribution in [1.82, 2.24) is 20.4 Å². The van der Waals surface area contributed by atoms with Crippen molar-refractivity contribution in [2.75, 3.05) is 33.2 Å². The summed E-state index contributed by atoms with van der Waals surface area (Å²) >= 11 is 0. The van der Waals surface area contributed by atoms with Crippen molar-refractivity contribution in [3.05, 3.63) is 70.3 Å². The molecule has 0 bridgehead atoms. The molecular formula is C22H30Cl2N4O. The van der Waals surface area contributed by atoms with Crippen LogP contribution in [0.1, 0.15) is 32.6 Å². The Kier molecular flexibility index (Phi) is 8.93. The number of hydrogen-bond donors (Lipinski definition) is 2. The summed E-state index contributed by atoms with van der Waals surface area (Å²) in [6.45, 7) is 7.85. The van der Waals surface area contributed by atoms with Crippen LogP contribution in [0, 0.1) is 0 Å². The molecule has 2 aromatic carbocycles. The molecule has 4 rings (SSSR count). The summed E-state index contributed by atoms with van der Waals surface area (Å²) in [7, 11) is 2.17. The summed E-state index contributed by atoms with van der Waals surface area (Å²) in [6, 6.07) is 14.5. The fourth-order valence-electron chi connectivity index (χ4n) is 3.77. The zero-order valence-corrected chi connectivity index (χ0v) is 18.5. The van der Waals surface area contributed by atoms with Gasteiger partial charge in [-0.3, -0.25) is 9.69 Å². The van der Waals surface area contributed by atoms with Gasteiger partial charge in [0.1, 0.15) is 0 Å². The Labute approximate surface area is 185 Å². The van der Waals surface area contributed by atoms with E-state index in [-0.39, 0.29) is 30.7 Å². The van der Waals surface area contributed by atoms with Gasteiger partial charge in [0.05, 0.1) is 0 Å². The predicted molar refractivity (Wildman–Crippen MR) is 122 cm³/mol. The number of likely N-dealkylation sites (N-methyl/N-ethyl adjacent to an activating group) is 1. The van der Waals surface area contributed by atoms with Crippen molar-refractivity contribution >= 4 is 30.7 Å². The molecule has 1 fully saturated rings. The summed E-state index contributed by atoms with van der Waals surface area (Å²) in [6.07, 6.45) is 0. The zero-order valence-electron chi connectivity index (χ0n) is 16.8. The molecule has 7 heteroatoms. The highest BCUT2D eigenvalue weighted by atomic mass is 35.5. The van der Waals surface area contributed by atoms with Crippen LogP contribution in [0.15, 0.2) is 42.5 Å². The van der Waals surface area contributed by atoms with E-state index >= 15 is 0 Å². The molecule has 158 valence electrons. The monoisotopic (exact) mass is 436 g/mol. The quantitative estimate of drug-likeness (QED) is 0.756. The molecular weight excluding hydrogens is 407 g/mol. The highest BCUT2D eigenvalue weighted by Gasteiger charge is 2.14. The summed E-state index contributed by atoms with van der Waals surface area (Å²) in [5.41, 5.74) is 5.84. The van der Waals surface area contributed by atoms with E-state index in [1.807, 2.05) is 12.1 Å². The average molecular weight is 437 g/mol. The molecule has 2 heterocycles. The molecule has 0 unspecified atom stereocenters. The maximum atomic E-state index is 12.4. The third-order valence-electron chi connectivity index (χ3n) is 5.57. The number of hydrogen-bond acceptors (Lipinski definition) is 4. The summed E-state index contributed by atoms with van der Waals surface area (Å²) in [4.78, 5) is 17.3. The summed E-state index contributed by atoms with van der Waals surface area (Å²) < 4.78 is 0. The van der Waals surface area contributed by atoms with Crippen LogP contribution in [0.5, 0.6) is 0 Å². The standard InChI is InChI=1S/C22H28N4O.2ClH/c1-25-8-10-26(11-9-25)16-17-2-5-19(6-3-17)22(27)24-13-18-4-7-20-14-23-15-21(20)12-18;;/h2-7,12,23H,8-11,13-16H2,1H3,(H,24,27);2*1H. The van der Waals surface area contributed by atoms with Gasteiger partial charge in [-0.15, -0.1) is 24.8 Å². The fourth-order valence-corrected chi connectivity index (χ4v) is 3.77. The van der Waals surface area contributed by atoms with Gasteiger partial charge in [-0.25, -0.2) is 0 Å². The van der Waals surface area contributed by atoms with E-state index in [0.717, 1.165) is 56.9 Å². The lowest BCUT2D eigenvalue weighted by Crippen LogP contribution is -2.43. The molecule has 2 aliphatic rings. The van der Waals surface area contributed by atoms with Crippen molar-refractivity contribution in [3.63, 3.8) is 0 Å². The van der Waals surface area contributed by atoms with Gasteiger partial charge in [0, 0.05) is 57.9 Å². The minimum atomic E-state index is -0.0141. The first kappa shape index (κ1) is 23.6. The lowest BCUT2D eigenvalue weighted by molar-refractivity contribution is 0.0951. The largest absolute Gasteiger partial charge is 0.348 e. The first-order valence-electron chi connectivity index (χ1n) is 9.77. The highest BCUT2D eigenvalue weighted by molar-refractivity contribution is 5.94. The molecule has 0 radical (unpaired) electrons. The molecule has 1 amide bonds. The van der Waals surface area contributed by atoms with Gasteiger partial charge in [-0.05, 0) is 41.4 Å². The normalized spacial score (nSPS) is 16.4. The van der Waals surface area contributed by atoms with Crippen molar-refractivity contribution < 1.29 is 4.79 Å². The van der Waals surface area contributed by atoms with E-state index in [4.69, 9.17) is 0 Å². The number of benzene rings is 2. The Balaban J connectivity index is 0.00000150. The predicted octanol–water partition coefficient (Wildman–Crippen LogP) is 2.81. The van der Waals surface area contributed by atoms with E-state index in [1.54, 1.807) is 0 Å². The Morgan fingerprint density at radius 3 is 2.31 bits per heavy atom. The maximum Gasteiger partial charge on any atom is 0.251 e. The number of piperazine rings is 1. The van der Waals surface area contributed by atoms with E-state index in [1.165, 1.54) is 16.7 Å². The average Bonchev–Trinajstić information content (AvgIpc) is 3.16. The number of rotatable bonds is 5. The first-order valence-corrected chi connectivity index (χ1v) is 9.77. The van der Waals surface area contributed by atoms with E-state index in [2.05, 4.69) is 57.8 Å². The lowest BCUT2D eigenvalue weighted by atomic mass is 10.1. The van der Waals surface area contributed by atoms with Crippen LogP contribution in [0.2, 0.25) is 0 Å². The van der Waals surface area contributed by atoms with Gasteiger partial charge in [0.2, 0.25) is 0 Å². The van der Waals surface area contributed by atoms with Gasteiger partial charge < -0.3 is 15.5 Å². The molecule has 2 aliphatic heterocycles. The zero-order chi connectivity index (χ0) is 18.6. The fraction of sp³-hybridized carbons (Fsp3) is 0.409. The maximum absolute atomic E-state index is 12.4. The third-order valence-corrected chi connectivity index (χ3v) is 5.57. The number of nitrogens with zero attached hydrogens (tertiary/aromatic N) is 2. The van der Waals surface area contributed by atoms with Crippen LogP contribution in [0.4, 0.5) is 0 Å². The van der Waals surface area contributed by atoms with Gasteiger partial charge in [0.15, 0.2) is 0 Å². The number of fused-ring (bicyclic) bond motifs is 1. The Hall–Kier alpha value is -1.63. The molecule has 0 atom stereocenters. The number of halogens is 2. The molecule has 5 nitrogen and oxygen atoms in total. The second-order valence-electron chi connectivity index (χ2n) is 7.67. The van der Waals surface area contributed by atoms with Crippen LogP contribution in [-0.4, -0.2) is 48.9 Å².